The zero-order chi connectivity index (χ0) is 15.2. The molecule has 0 radical (unpaired) electrons. The quantitative estimate of drug-likeness (QED) is 0.727. The predicted molar refractivity (Wildman–Crippen MR) is 81.7 cm³/mol. The van der Waals surface area contributed by atoms with Crippen molar-refractivity contribution in [3.8, 4) is 0 Å². The van der Waals surface area contributed by atoms with Crippen molar-refractivity contribution < 1.29 is 14.7 Å². The molecule has 21 heavy (non-hydrogen) atoms. The SMILES string of the molecule is Cc1cc(C(=O)O)ccc1NC(=O)NCCC1=CCCC1. The van der Waals surface area contributed by atoms with Gasteiger partial charge in [0.25, 0.3) is 0 Å². The summed E-state index contributed by atoms with van der Waals surface area (Å²) in [5.74, 6) is -0.973. The molecule has 1 aromatic carbocycles. The zero-order valence-corrected chi connectivity index (χ0v) is 12.1. The number of benzene rings is 1. The molecule has 1 aromatic rings. The van der Waals surface area contributed by atoms with Crippen LogP contribution in [-0.4, -0.2) is 23.7 Å². The molecular formula is C16H20N2O3. The van der Waals surface area contributed by atoms with Crippen molar-refractivity contribution in [2.45, 2.75) is 32.6 Å². The highest BCUT2D eigenvalue weighted by Gasteiger charge is 2.09. The smallest absolute Gasteiger partial charge is 0.335 e. The molecule has 2 amide bonds. The summed E-state index contributed by atoms with van der Waals surface area (Å²) in [5, 5.41) is 14.5. The Balaban J connectivity index is 1.83. The van der Waals surface area contributed by atoms with Crippen LogP contribution in [0.5, 0.6) is 0 Å². The number of nitrogens with one attached hydrogen (secondary N) is 2. The highest BCUT2D eigenvalue weighted by molar-refractivity contribution is 5.92. The van der Waals surface area contributed by atoms with Crippen LogP contribution in [0, 0.1) is 6.92 Å². The molecule has 2 rings (SSSR count). The van der Waals surface area contributed by atoms with Crippen LogP contribution < -0.4 is 10.6 Å². The number of anilines is 1. The van der Waals surface area contributed by atoms with Crippen LogP contribution in [0.25, 0.3) is 0 Å². The lowest BCUT2D eigenvalue weighted by Crippen LogP contribution is -2.30. The van der Waals surface area contributed by atoms with Gasteiger partial charge in [-0.25, -0.2) is 9.59 Å². The van der Waals surface area contributed by atoms with Gasteiger partial charge in [-0.05, 0) is 56.4 Å². The average molecular weight is 288 g/mol. The van der Waals surface area contributed by atoms with Crippen LogP contribution in [0.1, 0.15) is 41.6 Å². The fourth-order valence-corrected chi connectivity index (χ4v) is 2.40. The molecule has 5 nitrogen and oxygen atoms in total. The minimum Gasteiger partial charge on any atom is -0.478 e. The molecule has 0 bridgehead atoms. The van der Waals surface area contributed by atoms with E-state index in [4.69, 9.17) is 5.11 Å². The van der Waals surface area contributed by atoms with Gasteiger partial charge in [0, 0.05) is 12.2 Å². The summed E-state index contributed by atoms with van der Waals surface area (Å²) in [6, 6.07) is 4.37. The number of aryl methyl sites for hydroxylation is 1. The van der Waals surface area contributed by atoms with Gasteiger partial charge >= 0.3 is 12.0 Å². The van der Waals surface area contributed by atoms with Crippen LogP contribution in [0.4, 0.5) is 10.5 Å². The Labute approximate surface area is 124 Å². The van der Waals surface area contributed by atoms with Crippen molar-refractivity contribution in [1.82, 2.24) is 5.32 Å². The second-order valence-electron chi connectivity index (χ2n) is 5.22. The molecule has 112 valence electrons. The molecule has 0 saturated heterocycles. The third kappa shape index (κ3) is 4.34. The normalized spacial score (nSPS) is 13.7. The number of carbonyl (C=O) groups excluding carboxylic acids is 1. The fourth-order valence-electron chi connectivity index (χ4n) is 2.40. The molecule has 0 unspecified atom stereocenters. The third-order valence-electron chi connectivity index (χ3n) is 3.59. The first kappa shape index (κ1) is 15.1. The summed E-state index contributed by atoms with van der Waals surface area (Å²) in [7, 11) is 0. The van der Waals surface area contributed by atoms with E-state index < -0.39 is 5.97 Å². The fraction of sp³-hybridized carbons (Fsp3) is 0.375. The number of rotatable bonds is 5. The van der Waals surface area contributed by atoms with Gasteiger partial charge < -0.3 is 15.7 Å². The zero-order valence-electron chi connectivity index (χ0n) is 12.1. The maximum atomic E-state index is 11.8. The van der Waals surface area contributed by atoms with E-state index in [1.807, 2.05) is 0 Å². The first-order valence-electron chi connectivity index (χ1n) is 7.13. The molecule has 0 spiro atoms. The lowest BCUT2D eigenvalue weighted by atomic mass is 10.1. The summed E-state index contributed by atoms with van der Waals surface area (Å²) in [6.45, 7) is 2.38. The monoisotopic (exact) mass is 288 g/mol. The molecule has 1 aliphatic carbocycles. The molecule has 0 aliphatic heterocycles. The van der Waals surface area contributed by atoms with Crippen molar-refractivity contribution in [3.63, 3.8) is 0 Å². The first-order chi connectivity index (χ1) is 10.1. The Morgan fingerprint density at radius 3 is 2.76 bits per heavy atom. The van der Waals surface area contributed by atoms with E-state index in [2.05, 4.69) is 16.7 Å². The maximum Gasteiger partial charge on any atom is 0.335 e. The second kappa shape index (κ2) is 6.92. The number of carboxylic acids is 1. The summed E-state index contributed by atoms with van der Waals surface area (Å²) < 4.78 is 0. The lowest BCUT2D eigenvalue weighted by Gasteiger charge is -2.10. The number of hydrogen-bond donors (Lipinski definition) is 3. The largest absolute Gasteiger partial charge is 0.478 e. The molecule has 0 fully saturated rings. The van der Waals surface area contributed by atoms with E-state index in [0.717, 1.165) is 24.8 Å². The molecule has 1 aliphatic rings. The number of aromatic carboxylic acids is 1. The molecular weight excluding hydrogens is 268 g/mol. The van der Waals surface area contributed by atoms with E-state index in [0.29, 0.717) is 12.2 Å². The lowest BCUT2D eigenvalue weighted by molar-refractivity contribution is 0.0697. The third-order valence-corrected chi connectivity index (χ3v) is 3.59. The van der Waals surface area contributed by atoms with Crippen molar-refractivity contribution in [2.75, 3.05) is 11.9 Å². The number of amides is 2. The standard InChI is InChI=1S/C16H20N2O3/c1-11-10-13(15(19)20)6-7-14(11)18-16(21)17-9-8-12-4-2-3-5-12/h4,6-7,10H,2-3,5,8-9H2,1H3,(H,19,20)(H2,17,18,21). The van der Waals surface area contributed by atoms with Gasteiger partial charge in [-0.15, -0.1) is 0 Å². The van der Waals surface area contributed by atoms with Crippen molar-refractivity contribution in [2.24, 2.45) is 0 Å². The van der Waals surface area contributed by atoms with Gasteiger partial charge in [0.2, 0.25) is 0 Å². The van der Waals surface area contributed by atoms with E-state index >= 15 is 0 Å². The van der Waals surface area contributed by atoms with Crippen molar-refractivity contribution in [3.05, 3.63) is 41.0 Å². The van der Waals surface area contributed by atoms with E-state index in [1.165, 1.54) is 18.1 Å². The predicted octanol–water partition coefficient (Wildman–Crippen LogP) is 3.32. The maximum absolute atomic E-state index is 11.8. The highest BCUT2D eigenvalue weighted by Crippen LogP contribution is 2.20. The molecule has 0 aromatic heterocycles. The van der Waals surface area contributed by atoms with Gasteiger partial charge in [-0.3, -0.25) is 0 Å². The van der Waals surface area contributed by atoms with Crippen LogP contribution in [-0.2, 0) is 0 Å². The molecule has 0 saturated carbocycles. The van der Waals surface area contributed by atoms with E-state index in [9.17, 15) is 9.59 Å². The number of hydrogen-bond acceptors (Lipinski definition) is 2. The van der Waals surface area contributed by atoms with E-state index in [-0.39, 0.29) is 11.6 Å². The number of carbonyl (C=O) groups is 2. The molecule has 3 N–H and O–H groups in total. The van der Waals surface area contributed by atoms with E-state index in [1.54, 1.807) is 19.1 Å². The summed E-state index contributed by atoms with van der Waals surface area (Å²) >= 11 is 0. The van der Waals surface area contributed by atoms with Crippen LogP contribution in [0.15, 0.2) is 29.8 Å². The molecule has 0 heterocycles. The Bertz CT molecular complexity index is 579. The number of carboxylic acid groups (broad SMARTS) is 1. The highest BCUT2D eigenvalue weighted by atomic mass is 16.4. The van der Waals surface area contributed by atoms with Gasteiger partial charge in [-0.1, -0.05) is 11.6 Å². The summed E-state index contributed by atoms with van der Waals surface area (Å²) in [4.78, 5) is 22.6. The Hall–Kier alpha value is -2.30. The van der Waals surface area contributed by atoms with Crippen LogP contribution in [0.2, 0.25) is 0 Å². The molecule has 5 heteroatoms. The van der Waals surface area contributed by atoms with Crippen molar-refractivity contribution >= 4 is 17.7 Å². The van der Waals surface area contributed by atoms with Gasteiger partial charge in [0.15, 0.2) is 0 Å². The minimum absolute atomic E-state index is 0.214. The summed E-state index contributed by atoms with van der Waals surface area (Å²) in [5.41, 5.74) is 2.98. The van der Waals surface area contributed by atoms with Crippen LogP contribution >= 0.6 is 0 Å². The first-order valence-corrected chi connectivity index (χ1v) is 7.13. The number of urea groups is 1. The second-order valence-corrected chi connectivity index (χ2v) is 5.22. The van der Waals surface area contributed by atoms with Crippen LogP contribution in [0.3, 0.4) is 0 Å². The Kier molecular flexibility index (Phi) is 4.98. The Morgan fingerprint density at radius 1 is 1.33 bits per heavy atom. The van der Waals surface area contributed by atoms with Crippen molar-refractivity contribution in [1.29, 1.82) is 0 Å². The summed E-state index contributed by atoms with van der Waals surface area (Å²) in [6.07, 6.45) is 6.64. The van der Waals surface area contributed by atoms with Gasteiger partial charge in [0.1, 0.15) is 0 Å². The minimum atomic E-state index is -0.973. The average Bonchev–Trinajstić information content (AvgIpc) is 2.94. The number of allylic oxidation sites excluding steroid dienone is 1. The molecule has 0 atom stereocenters. The Morgan fingerprint density at radius 2 is 2.14 bits per heavy atom. The van der Waals surface area contributed by atoms with Gasteiger partial charge in [-0.2, -0.15) is 0 Å². The van der Waals surface area contributed by atoms with Gasteiger partial charge in [0.05, 0.1) is 5.56 Å². The topological polar surface area (TPSA) is 78.4 Å².